The summed E-state index contributed by atoms with van der Waals surface area (Å²) in [6.45, 7) is 0.348. The predicted molar refractivity (Wildman–Crippen MR) is 50.6 cm³/mol. The zero-order valence-corrected chi connectivity index (χ0v) is 7.53. The molecule has 0 aliphatic rings. The average molecular weight is 182 g/mol. The van der Waals surface area contributed by atoms with E-state index >= 15 is 0 Å². The van der Waals surface area contributed by atoms with Crippen LogP contribution in [0.15, 0.2) is 18.2 Å². The molecule has 0 aliphatic carbocycles. The molecule has 0 saturated carbocycles. The van der Waals surface area contributed by atoms with Crippen LogP contribution in [-0.4, -0.2) is 18.8 Å². The summed E-state index contributed by atoms with van der Waals surface area (Å²) in [5, 5.41) is 9.17. The van der Waals surface area contributed by atoms with Gasteiger partial charge in [0, 0.05) is 24.2 Å². The van der Waals surface area contributed by atoms with Crippen LogP contribution in [-0.2, 0) is 0 Å². The Hall–Kier alpha value is -1.26. The van der Waals surface area contributed by atoms with Crippen LogP contribution in [0.2, 0.25) is 0 Å². The SMILES string of the molecule is COc1cc(O)ccc1C(N)CN. The van der Waals surface area contributed by atoms with E-state index in [-0.39, 0.29) is 11.8 Å². The van der Waals surface area contributed by atoms with Crippen LogP contribution >= 0.6 is 0 Å². The minimum atomic E-state index is -0.254. The van der Waals surface area contributed by atoms with Crippen LogP contribution < -0.4 is 16.2 Å². The standard InChI is InChI=1S/C9H14N2O2/c1-13-9-4-6(12)2-3-7(9)8(11)5-10/h2-4,8,12H,5,10-11H2,1H3. The van der Waals surface area contributed by atoms with Crippen molar-refractivity contribution < 1.29 is 9.84 Å². The highest BCUT2D eigenvalue weighted by molar-refractivity contribution is 5.41. The Morgan fingerprint density at radius 2 is 2.23 bits per heavy atom. The van der Waals surface area contributed by atoms with Gasteiger partial charge in [0.25, 0.3) is 0 Å². The van der Waals surface area contributed by atoms with Crippen LogP contribution in [0.3, 0.4) is 0 Å². The summed E-state index contributed by atoms with van der Waals surface area (Å²) in [5.74, 6) is 0.725. The number of rotatable bonds is 3. The molecule has 1 atom stereocenters. The van der Waals surface area contributed by atoms with Crippen molar-refractivity contribution in [3.63, 3.8) is 0 Å². The molecule has 0 fully saturated rings. The van der Waals surface area contributed by atoms with Crippen LogP contribution in [0.4, 0.5) is 0 Å². The molecule has 4 heteroatoms. The first kappa shape index (κ1) is 9.83. The summed E-state index contributed by atoms with van der Waals surface area (Å²) < 4.78 is 5.05. The fourth-order valence-electron chi connectivity index (χ4n) is 1.13. The maximum absolute atomic E-state index is 9.17. The quantitative estimate of drug-likeness (QED) is 0.630. The van der Waals surface area contributed by atoms with Crippen LogP contribution in [0, 0.1) is 0 Å². The second-order valence-corrected chi connectivity index (χ2v) is 2.77. The zero-order valence-electron chi connectivity index (χ0n) is 7.53. The third-order valence-electron chi connectivity index (χ3n) is 1.87. The molecule has 1 aromatic carbocycles. The molecular weight excluding hydrogens is 168 g/mol. The molecule has 1 aromatic rings. The fraction of sp³-hybridized carbons (Fsp3) is 0.333. The lowest BCUT2D eigenvalue weighted by Gasteiger charge is -2.13. The Bertz CT molecular complexity index is 289. The van der Waals surface area contributed by atoms with Crippen molar-refractivity contribution in [3.8, 4) is 11.5 Å². The number of aromatic hydroxyl groups is 1. The van der Waals surface area contributed by atoms with E-state index in [1.807, 2.05) is 0 Å². The molecule has 5 N–H and O–H groups in total. The first-order chi connectivity index (χ1) is 6.19. The van der Waals surface area contributed by atoms with Gasteiger partial charge in [0.05, 0.1) is 7.11 Å². The first-order valence-corrected chi connectivity index (χ1v) is 4.01. The summed E-state index contributed by atoms with van der Waals surface area (Å²) in [5.41, 5.74) is 12.0. The molecule has 4 nitrogen and oxygen atoms in total. The summed E-state index contributed by atoms with van der Waals surface area (Å²) in [6.07, 6.45) is 0. The van der Waals surface area contributed by atoms with Crippen LogP contribution in [0.25, 0.3) is 0 Å². The second-order valence-electron chi connectivity index (χ2n) is 2.77. The van der Waals surface area contributed by atoms with Gasteiger partial charge < -0.3 is 21.3 Å². The molecule has 0 radical (unpaired) electrons. The van der Waals surface area contributed by atoms with Crippen molar-refractivity contribution in [2.75, 3.05) is 13.7 Å². The van der Waals surface area contributed by atoms with E-state index < -0.39 is 0 Å². The Morgan fingerprint density at radius 3 is 2.77 bits per heavy atom. The number of benzene rings is 1. The van der Waals surface area contributed by atoms with Crippen LogP contribution in [0.5, 0.6) is 11.5 Å². The first-order valence-electron chi connectivity index (χ1n) is 4.01. The Morgan fingerprint density at radius 1 is 1.54 bits per heavy atom. The normalized spacial score (nSPS) is 12.5. The van der Waals surface area contributed by atoms with E-state index in [4.69, 9.17) is 16.2 Å². The third-order valence-corrected chi connectivity index (χ3v) is 1.87. The van der Waals surface area contributed by atoms with E-state index in [1.165, 1.54) is 13.2 Å². The van der Waals surface area contributed by atoms with Gasteiger partial charge in [-0.2, -0.15) is 0 Å². The maximum Gasteiger partial charge on any atom is 0.127 e. The van der Waals surface area contributed by atoms with Gasteiger partial charge in [0.1, 0.15) is 11.5 Å². The molecule has 0 spiro atoms. The number of nitrogens with two attached hydrogens (primary N) is 2. The lowest BCUT2D eigenvalue weighted by Crippen LogP contribution is -2.21. The summed E-state index contributed by atoms with van der Waals surface area (Å²) in [6, 6.07) is 4.54. The summed E-state index contributed by atoms with van der Waals surface area (Å²) >= 11 is 0. The minimum absolute atomic E-state index is 0.157. The van der Waals surface area contributed by atoms with Crippen molar-refractivity contribution in [2.24, 2.45) is 11.5 Å². The second kappa shape index (κ2) is 4.11. The van der Waals surface area contributed by atoms with Gasteiger partial charge in [0.2, 0.25) is 0 Å². The number of phenols is 1. The molecule has 0 bridgehead atoms. The van der Waals surface area contributed by atoms with Gasteiger partial charge in [-0.15, -0.1) is 0 Å². The van der Waals surface area contributed by atoms with Crippen molar-refractivity contribution in [2.45, 2.75) is 6.04 Å². The number of hydrogen-bond donors (Lipinski definition) is 3. The Kier molecular flexibility index (Phi) is 3.11. The van der Waals surface area contributed by atoms with Gasteiger partial charge in [-0.1, -0.05) is 6.07 Å². The zero-order chi connectivity index (χ0) is 9.84. The monoisotopic (exact) mass is 182 g/mol. The van der Waals surface area contributed by atoms with Crippen molar-refractivity contribution in [1.29, 1.82) is 0 Å². The van der Waals surface area contributed by atoms with Crippen molar-refractivity contribution in [3.05, 3.63) is 23.8 Å². The molecule has 0 amide bonds. The lowest BCUT2D eigenvalue weighted by molar-refractivity contribution is 0.399. The minimum Gasteiger partial charge on any atom is -0.508 e. The molecule has 0 aliphatic heterocycles. The fourth-order valence-corrected chi connectivity index (χ4v) is 1.13. The Balaban J connectivity index is 3.05. The van der Waals surface area contributed by atoms with E-state index in [0.717, 1.165) is 5.56 Å². The van der Waals surface area contributed by atoms with E-state index in [0.29, 0.717) is 12.3 Å². The molecule has 1 unspecified atom stereocenters. The smallest absolute Gasteiger partial charge is 0.127 e. The summed E-state index contributed by atoms with van der Waals surface area (Å²) in [7, 11) is 1.53. The predicted octanol–water partition coefficient (Wildman–Crippen LogP) is 0.359. The highest BCUT2D eigenvalue weighted by Crippen LogP contribution is 2.27. The van der Waals surface area contributed by atoms with Crippen molar-refractivity contribution in [1.82, 2.24) is 0 Å². The largest absolute Gasteiger partial charge is 0.508 e. The van der Waals surface area contributed by atoms with Gasteiger partial charge in [-0.25, -0.2) is 0 Å². The number of hydrogen-bond acceptors (Lipinski definition) is 4. The maximum atomic E-state index is 9.17. The molecule has 1 rings (SSSR count). The molecule has 0 heterocycles. The molecule has 13 heavy (non-hydrogen) atoms. The van der Waals surface area contributed by atoms with E-state index in [2.05, 4.69) is 0 Å². The topological polar surface area (TPSA) is 81.5 Å². The lowest BCUT2D eigenvalue weighted by atomic mass is 10.1. The van der Waals surface area contributed by atoms with E-state index in [9.17, 15) is 5.11 Å². The van der Waals surface area contributed by atoms with Gasteiger partial charge in [0.15, 0.2) is 0 Å². The van der Waals surface area contributed by atoms with Gasteiger partial charge >= 0.3 is 0 Å². The number of methoxy groups -OCH3 is 1. The van der Waals surface area contributed by atoms with Gasteiger partial charge in [-0.05, 0) is 6.07 Å². The average Bonchev–Trinajstić information content (AvgIpc) is 2.16. The Labute approximate surface area is 77.1 Å². The number of phenolic OH excluding ortho intramolecular Hbond substituents is 1. The molecule has 72 valence electrons. The van der Waals surface area contributed by atoms with E-state index in [1.54, 1.807) is 12.1 Å². The van der Waals surface area contributed by atoms with Crippen molar-refractivity contribution >= 4 is 0 Å². The highest BCUT2D eigenvalue weighted by atomic mass is 16.5. The number of ether oxygens (including phenoxy) is 1. The highest BCUT2D eigenvalue weighted by Gasteiger charge is 2.10. The third kappa shape index (κ3) is 2.11. The van der Waals surface area contributed by atoms with Crippen LogP contribution in [0.1, 0.15) is 11.6 Å². The van der Waals surface area contributed by atoms with Gasteiger partial charge in [-0.3, -0.25) is 0 Å². The molecule has 0 saturated heterocycles. The summed E-state index contributed by atoms with van der Waals surface area (Å²) in [4.78, 5) is 0. The molecule has 0 aromatic heterocycles. The molecular formula is C9H14N2O2.